The lowest BCUT2D eigenvalue weighted by Crippen LogP contribution is -2.49. The Kier molecular flexibility index (Phi) is 5.78. The maximum Gasteiger partial charge on any atom is 0.247 e. The number of likely N-dealkylation sites (N-methyl/N-ethyl adjacent to an activating group) is 1. The molecule has 0 unspecified atom stereocenters. The summed E-state index contributed by atoms with van der Waals surface area (Å²) in [6.07, 6.45) is 0. The minimum atomic E-state index is 0.0931. The van der Waals surface area contributed by atoms with Gasteiger partial charge in [-0.1, -0.05) is 17.7 Å². The van der Waals surface area contributed by atoms with Crippen LogP contribution in [-0.2, 0) is 11.3 Å². The highest BCUT2D eigenvalue weighted by molar-refractivity contribution is 5.77. The van der Waals surface area contributed by atoms with E-state index in [0.717, 1.165) is 31.7 Å². The molecule has 0 spiro atoms. The number of hydrogen-bond donors (Lipinski definition) is 1. The van der Waals surface area contributed by atoms with E-state index in [9.17, 15) is 4.79 Å². The van der Waals surface area contributed by atoms with Gasteiger partial charge in [0.25, 0.3) is 0 Å². The van der Waals surface area contributed by atoms with Gasteiger partial charge in [-0.2, -0.15) is 0 Å². The summed E-state index contributed by atoms with van der Waals surface area (Å²) < 4.78 is 5.79. The van der Waals surface area contributed by atoms with E-state index in [-0.39, 0.29) is 5.91 Å². The van der Waals surface area contributed by atoms with Crippen molar-refractivity contribution in [3.8, 4) is 11.5 Å². The van der Waals surface area contributed by atoms with Gasteiger partial charge in [-0.15, -0.1) is 10.2 Å². The summed E-state index contributed by atoms with van der Waals surface area (Å²) in [5, 5.41) is 11.2. The summed E-state index contributed by atoms with van der Waals surface area (Å²) in [5.41, 5.74) is 2.14. The zero-order valence-electron chi connectivity index (χ0n) is 14.9. The highest BCUT2D eigenvalue weighted by Gasteiger charge is 2.20. The molecule has 1 aliphatic rings. The van der Waals surface area contributed by atoms with E-state index >= 15 is 0 Å². The third kappa shape index (κ3) is 4.87. The first kappa shape index (κ1) is 17.6. The number of carbonyl (C=O) groups excluding carboxylic acids is 1. The van der Waals surface area contributed by atoms with Crippen LogP contribution in [0.2, 0.25) is 0 Å². The van der Waals surface area contributed by atoms with Gasteiger partial charge >= 0.3 is 0 Å². The number of nitrogens with one attached hydrogen (secondary N) is 1. The molecule has 1 amide bonds. The second kappa shape index (κ2) is 8.22. The second-order valence-electron chi connectivity index (χ2n) is 6.37. The molecule has 1 fully saturated rings. The molecule has 1 saturated heterocycles. The summed E-state index contributed by atoms with van der Waals surface area (Å²) >= 11 is 0. The van der Waals surface area contributed by atoms with Crippen LogP contribution in [0.4, 0.5) is 0 Å². The normalized spacial score (nSPS) is 16.1. The number of benzene rings is 1. The van der Waals surface area contributed by atoms with E-state index in [1.807, 2.05) is 31.2 Å². The maximum absolute atomic E-state index is 11.6. The molecule has 1 aliphatic heterocycles. The third-order valence-electron chi connectivity index (χ3n) is 4.33. The second-order valence-corrected chi connectivity index (χ2v) is 6.37. The molecular formula is C18H25N5O2. The number of aryl methyl sites for hydroxylation is 1. The van der Waals surface area contributed by atoms with Crippen LogP contribution < -0.4 is 5.32 Å². The van der Waals surface area contributed by atoms with E-state index in [0.29, 0.717) is 31.4 Å². The first-order valence-corrected chi connectivity index (χ1v) is 8.75. The largest absolute Gasteiger partial charge is 0.419 e. The fourth-order valence-electron chi connectivity index (χ4n) is 2.88. The number of hydrogen-bond acceptors (Lipinski definition) is 6. The molecule has 1 aromatic heterocycles. The summed E-state index contributed by atoms with van der Waals surface area (Å²) in [6.45, 7) is 9.31. The van der Waals surface area contributed by atoms with Crippen molar-refractivity contribution < 1.29 is 9.21 Å². The smallest absolute Gasteiger partial charge is 0.247 e. The molecule has 134 valence electrons. The van der Waals surface area contributed by atoms with Crippen molar-refractivity contribution in [1.29, 1.82) is 0 Å². The Morgan fingerprint density at radius 2 is 1.80 bits per heavy atom. The molecule has 1 aromatic carbocycles. The topological polar surface area (TPSA) is 74.5 Å². The number of piperazine rings is 1. The average molecular weight is 343 g/mol. The Morgan fingerprint density at radius 1 is 1.12 bits per heavy atom. The quantitative estimate of drug-likeness (QED) is 0.852. The van der Waals surface area contributed by atoms with E-state index in [4.69, 9.17) is 4.42 Å². The van der Waals surface area contributed by atoms with Gasteiger partial charge < -0.3 is 9.73 Å². The van der Waals surface area contributed by atoms with Crippen LogP contribution in [0.5, 0.6) is 0 Å². The molecule has 0 atom stereocenters. The van der Waals surface area contributed by atoms with Crippen molar-refractivity contribution in [3.05, 3.63) is 35.7 Å². The van der Waals surface area contributed by atoms with Gasteiger partial charge in [0.05, 0.1) is 13.1 Å². The molecule has 0 saturated carbocycles. The van der Waals surface area contributed by atoms with Crippen LogP contribution in [0, 0.1) is 6.92 Å². The van der Waals surface area contributed by atoms with Gasteiger partial charge in [-0.3, -0.25) is 14.6 Å². The van der Waals surface area contributed by atoms with Crippen molar-refractivity contribution in [2.45, 2.75) is 20.4 Å². The zero-order valence-corrected chi connectivity index (χ0v) is 14.9. The molecular weight excluding hydrogens is 318 g/mol. The molecule has 3 rings (SSSR count). The van der Waals surface area contributed by atoms with Crippen LogP contribution in [0.1, 0.15) is 18.4 Å². The number of amides is 1. The van der Waals surface area contributed by atoms with E-state index in [2.05, 4.69) is 32.2 Å². The minimum Gasteiger partial charge on any atom is -0.419 e. The Hall–Kier alpha value is -2.25. The highest BCUT2D eigenvalue weighted by Crippen LogP contribution is 2.19. The molecule has 2 heterocycles. The maximum atomic E-state index is 11.6. The van der Waals surface area contributed by atoms with Crippen LogP contribution in [0.15, 0.2) is 28.7 Å². The predicted molar refractivity (Wildman–Crippen MR) is 94.9 cm³/mol. The third-order valence-corrected chi connectivity index (χ3v) is 4.33. The Morgan fingerprint density at radius 3 is 2.48 bits per heavy atom. The van der Waals surface area contributed by atoms with Gasteiger partial charge in [-0.25, -0.2) is 0 Å². The number of nitrogens with zero attached hydrogens (tertiary/aromatic N) is 4. The summed E-state index contributed by atoms with van der Waals surface area (Å²) in [4.78, 5) is 16.1. The fraction of sp³-hybridized carbons (Fsp3) is 0.500. The lowest BCUT2D eigenvalue weighted by molar-refractivity contribution is -0.122. The van der Waals surface area contributed by atoms with Crippen molar-refractivity contribution in [1.82, 2.24) is 25.3 Å². The van der Waals surface area contributed by atoms with Crippen LogP contribution in [0.25, 0.3) is 11.5 Å². The molecule has 0 aliphatic carbocycles. The number of aromatic nitrogens is 2. The summed E-state index contributed by atoms with van der Waals surface area (Å²) in [7, 11) is 0. The minimum absolute atomic E-state index is 0.0931. The van der Waals surface area contributed by atoms with E-state index in [1.54, 1.807) is 0 Å². The van der Waals surface area contributed by atoms with Gasteiger partial charge in [0.2, 0.25) is 17.7 Å². The Labute approximate surface area is 148 Å². The summed E-state index contributed by atoms with van der Waals surface area (Å²) in [6, 6.07) is 8.06. The standard InChI is InChI=1S/C18H25N5O2/c1-3-19-16(24)12-22-8-10-23(11-9-22)13-17-20-21-18(25-17)15-6-4-14(2)5-7-15/h4-7H,3,8-13H2,1-2H3,(H,19,24). The van der Waals surface area contributed by atoms with Crippen LogP contribution in [-0.4, -0.2) is 65.2 Å². The molecule has 0 bridgehead atoms. The molecule has 25 heavy (non-hydrogen) atoms. The SMILES string of the molecule is CCNC(=O)CN1CCN(Cc2nnc(-c3ccc(C)cc3)o2)CC1. The Balaban J connectivity index is 1.49. The van der Waals surface area contributed by atoms with Crippen molar-refractivity contribution >= 4 is 5.91 Å². The lowest BCUT2D eigenvalue weighted by atomic mass is 10.1. The zero-order chi connectivity index (χ0) is 17.6. The van der Waals surface area contributed by atoms with Crippen LogP contribution >= 0.6 is 0 Å². The molecule has 2 aromatic rings. The molecule has 7 nitrogen and oxygen atoms in total. The van der Waals surface area contributed by atoms with Crippen molar-refractivity contribution in [2.75, 3.05) is 39.3 Å². The molecule has 1 N–H and O–H groups in total. The van der Waals surface area contributed by atoms with E-state index < -0.39 is 0 Å². The average Bonchev–Trinajstić information content (AvgIpc) is 3.06. The predicted octanol–water partition coefficient (Wildman–Crippen LogP) is 1.30. The number of carbonyl (C=O) groups is 1. The first-order valence-electron chi connectivity index (χ1n) is 8.75. The molecule has 0 radical (unpaired) electrons. The van der Waals surface area contributed by atoms with Gasteiger partial charge in [-0.05, 0) is 26.0 Å². The summed E-state index contributed by atoms with van der Waals surface area (Å²) in [5.74, 6) is 1.29. The fourth-order valence-corrected chi connectivity index (χ4v) is 2.88. The van der Waals surface area contributed by atoms with Gasteiger partial charge in [0.1, 0.15) is 0 Å². The van der Waals surface area contributed by atoms with E-state index in [1.165, 1.54) is 5.56 Å². The van der Waals surface area contributed by atoms with Crippen molar-refractivity contribution in [3.63, 3.8) is 0 Å². The lowest BCUT2D eigenvalue weighted by Gasteiger charge is -2.33. The Bertz CT molecular complexity index is 690. The number of rotatable bonds is 6. The van der Waals surface area contributed by atoms with Crippen molar-refractivity contribution in [2.24, 2.45) is 0 Å². The molecule has 7 heteroatoms. The van der Waals surface area contributed by atoms with Gasteiger partial charge in [0.15, 0.2) is 0 Å². The highest BCUT2D eigenvalue weighted by atomic mass is 16.4. The first-order chi connectivity index (χ1) is 12.1. The van der Waals surface area contributed by atoms with Gasteiger partial charge in [0, 0.05) is 38.3 Å². The van der Waals surface area contributed by atoms with Crippen LogP contribution in [0.3, 0.4) is 0 Å². The monoisotopic (exact) mass is 343 g/mol.